The van der Waals surface area contributed by atoms with E-state index in [0.717, 1.165) is 28.0 Å². The molecule has 3 rings (SSSR count). The minimum atomic E-state index is -0.135. The summed E-state index contributed by atoms with van der Waals surface area (Å²) in [6, 6.07) is 28.5. The van der Waals surface area contributed by atoms with Gasteiger partial charge in [-0.05, 0) is 24.6 Å². The van der Waals surface area contributed by atoms with E-state index in [-0.39, 0.29) is 12.6 Å². The van der Waals surface area contributed by atoms with Gasteiger partial charge in [0.15, 0.2) is 0 Å². The van der Waals surface area contributed by atoms with Crippen molar-refractivity contribution in [2.24, 2.45) is 4.99 Å². The molecule has 0 aromatic heterocycles. The predicted molar refractivity (Wildman–Crippen MR) is 107 cm³/mol. The Labute approximate surface area is 154 Å². The lowest BCUT2D eigenvalue weighted by Gasteiger charge is -2.13. The number of aliphatic hydroxyl groups is 1. The van der Waals surface area contributed by atoms with Crippen molar-refractivity contribution in [1.29, 1.82) is 0 Å². The Morgan fingerprint density at radius 1 is 0.885 bits per heavy atom. The van der Waals surface area contributed by atoms with Crippen LogP contribution in [0.15, 0.2) is 89.9 Å². The van der Waals surface area contributed by atoms with Crippen LogP contribution in [0.5, 0.6) is 0 Å². The highest BCUT2D eigenvalue weighted by atomic mass is 16.2. The predicted octanol–water partition coefficient (Wildman–Crippen LogP) is 4.63. The first-order valence-electron chi connectivity index (χ1n) is 8.66. The summed E-state index contributed by atoms with van der Waals surface area (Å²) >= 11 is 0. The van der Waals surface area contributed by atoms with Gasteiger partial charge in [0.25, 0.3) is 0 Å². The second kappa shape index (κ2) is 8.80. The van der Waals surface area contributed by atoms with Crippen LogP contribution in [-0.2, 0) is 0 Å². The van der Waals surface area contributed by atoms with E-state index in [9.17, 15) is 0 Å². The quantitative estimate of drug-likeness (QED) is 0.545. The SMILES string of the molecule is C[C@@H](N=C(c1ccccc1)c1ccccc1)c1cccc(C#CCO)c1. The third kappa shape index (κ3) is 4.47. The maximum atomic E-state index is 8.88. The van der Waals surface area contributed by atoms with Crippen LogP contribution in [0.1, 0.15) is 35.2 Å². The standard InChI is InChI=1S/C24H21NO/c1-19(23-16-8-10-20(18-23)11-9-17-26)25-24(21-12-4-2-5-13-21)22-14-6-3-7-15-22/h2-8,10,12-16,18-19,26H,17H2,1H3/t19-/m1/s1. The maximum absolute atomic E-state index is 8.88. The molecule has 128 valence electrons. The van der Waals surface area contributed by atoms with Gasteiger partial charge in [0.1, 0.15) is 6.61 Å². The smallest absolute Gasteiger partial charge is 0.104 e. The molecule has 26 heavy (non-hydrogen) atoms. The Balaban J connectivity index is 2.00. The molecule has 0 saturated heterocycles. The highest BCUT2D eigenvalue weighted by molar-refractivity contribution is 6.12. The van der Waals surface area contributed by atoms with Gasteiger partial charge < -0.3 is 5.11 Å². The lowest BCUT2D eigenvalue weighted by Crippen LogP contribution is -2.05. The molecule has 0 aliphatic heterocycles. The summed E-state index contributed by atoms with van der Waals surface area (Å²) in [7, 11) is 0. The lowest BCUT2D eigenvalue weighted by atomic mass is 10.0. The van der Waals surface area contributed by atoms with Crippen molar-refractivity contribution in [2.75, 3.05) is 6.61 Å². The summed E-state index contributed by atoms with van der Waals surface area (Å²) in [5.74, 6) is 5.65. The molecular formula is C24H21NO. The van der Waals surface area contributed by atoms with E-state index in [2.05, 4.69) is 49.1 Å². The highest BCUT2D eigenvalue weighted by Gasteiger charge is 2.10. The minimum absolute atomic E-state index is 0.0127. The van der Waals surface area contributed by atoms with Crippen LogP contribution in [0, 0.1) is 11.8 Å². The van der Waals surface area contributed by atoms with Crippen molar-refractivity contribution in [3.8, 4) is 11.8 Å². The molecule has 0 unspecified atom stereocenters. The number of hydrogen-bond acceptors (Lipinski definition) is 2. The molecule has 2 nitrogen and oxygen atoms in total. The second-order valence-electron chi connectivity index (χ2n) is 5.97. The maximum Gasteiger partial charge on any atom is 0.104 e. The van der Waals surface area contributed by atoms with Gasteiger partial charge >= 0.3 is 0 Å². The molecule has 0 bridgehead atoms. The fraction of sp³-hybridized carbons (Fsp3) is 0.125. The Hall–Kier alpha value is -3.15. The number of aliphatic hydroxyl groups excluding tert-OH is 1. The first kappa shape index (κ1) is 17.7. The molecule has 0 amide bonds. The highest BCUT2D eigenvalue weighted by Crippen LogP contribution is 2.21. The van der Waals surface area contributed by atoms with E-state index in [1.807, 2.05) is 54.6 Å². The fourth-order valence-electron chi connectivity index (χ4n) is 2.79. The van der Waals surface area contributed by atoms with Gasteiger partial charge in [0, 0.05) is 16.7 Å². The van der Waals surface area contributed by atoms with Crippen LogP contribution in [0.25, 0.3) is 0 Å². The summed E-state index contributed by atoms with van der Waals surface area (Å²) in [6.07, 6.45) is 0. The number of benzene rings is 3. The monoisotopic (exact) mass is 339 g/mol. The normalized spacial score (nSPS) is 11.2. The summed E-state index contributed by atoms with van der Waals surface area (Å²) in [5.41, 5.74) is 5.16. The van der Waals surface area contributed by atoms with E-state index < -0.39 is 0 Å². The molecule has 0 radical (unpaired) electrons. The molecule has 0 saturated carbocycles. The van der Waals surface area contributed by atoms with E-state index in [4.69, 9.17) is 10.1 Å². The van der Waals surface area contributed by atoms with E-state index in [1.54, 1.807) is 0 Å². The third-order valence-electron chi connectivity index (χ3n) is 4.10. The second-order valence-corrected chi connectivity index (χ2v) is 5.97. The minimum Gasteiger partial charge on any atom is -0.384 e. The zero-order valence-corrected chi connectivity index (χ0v) is 14.8. The Kier molecular flexibility index (Phi) is 5.98. The van der Waals surface area contributed by atoms with Crippen LogP contribution in [-0.4, -0.2) is 17.4 Å². The van der Waals surface area contributed by atoms with Crippen LogP contribution in [0.4, 0.5) is 0 Å². The zero-order chi connectivity index (χ0) is 18.2. The third-order valence-corrected chi connectivity index (χ3v) is 4.10. The Morgan fingerprint density at radius 2 is 1.50 bits per heavy atom. The van der Waals surface area contributed by atoms with Crippen LogP contribution < -0.4 is 0 Å². The van der Waals surface area contributed by atoms with Gasteiger partial charge in [-0.15, -0.1) is 0 Å². The molecule has 3 aromatic rings. The largest absolute Gasteiger partial charge is 0.384 e. The number of aliphatic imine (C=N–C) groups is 1. The Morgan fingerprint density at radius 3 is 2.08 bits per heavy atom. The van der Waals surface area contributed by atoms with Gasteiger partial charge in [-0.2, -0.15) is 0 Å². The molecule has 0 fully saturated rings. The topological polar surface area (TPSA) is 32.6 Å². The fourth-order valence-corrected chi connectivity index (χ4v) is 2.79. The molecule has 0 heterocycles. The summed E-state index contributed by atoms with van der Waals surface area (Å²) in [5, 5.41) is 8.88. The van der Waals surface area contributed by atoms with Crippen molar-refractivity contribution in [2.45, 2.75) is 13.0 Å². The lowest BCUT2D eigenvalue weighted by molar-refractivity contribution is 0.350. The average Bonchev–Trinajstić information content (AvgIpc) is 2.72. The van der Waals surface area contributed by atoms with Crippen LogP contribution in [0.3, 0.4) is 0 Å². The number of nitrogens with zero attached hydrogens (tertiary/aromatic N) is 1. The number of rotatable bonds is 4. The van der Waals surface area contributed by atoms with Crippen molar-refractivity contribution >= 4 is 5.71 Å². The first-order chi connectivity index (χ1) is 12.8. The van der Waals surface area contributed by atoms with E-state index >= 15 is 0 Å². The van der Waals surface area contributed by atoms with E-state index in [1.165, 1.54) is 0 Å². The molecule has 0 aliphatic rings. The molecule has 3 aromatic carbocycles. The molecular weight excluding hydrogens is 318 g/mol. The van der Waals surface area contributed by atoms with Gasteiger partial charge in [-0.25, -0.2) is 0 Å². The van der Waals surface area contributed by atoms with Crippen LogP contribution >= 0.6 is 0 Å². The summed E-state index contributed by atoms with van der Waals surface area (Å²) in [4.78, 5) is 5.03. The van der Waals surface area contributed by atoms with Crippen LogP contribution in [0.2, 0.25) is 0 Å². The molecule has 1 atom stereocenters. The van der Waals surface area contributed by atoms with Gasteiger partial charge in [0.2, 0.25) is 0 Å². The molecule has 2 heteroatoms. The summed E-state index contributed by atoms with van der Waals surface area (Å²) in [6.45, 7) is 1.95. The zero-order valence-electron chi connectivity index (χ0n) is 14.8. The van der Waals surface area contributed by atoms with Crippen molar-refractivity contribution in [3.63, 3.8) is 0 Å². The molecule has 1 N–H and O–H groups in total. The average molecular weight is 339 g/mol. The van der Waals surface area contributed by atoms with Crippen molar-refractivity contribution < 1.29 is 5.11 Å². The summed E-state index contributed by atoms with van der Waals surface area (Å²) < 4.78 is 0. The molecule has 0 spiro atoms. The Bertz CT molecular complexity index is 892. The van der Waals surface area contributed by atoms with E-state index in [0.29, 0.717) is 0 Å². The van der Waals surface area contributed by atoms with Gasteiger partial charge in [-0.3, -0.25) is 4.99 Å². The number of hydrogen-bond donors (Lipinski definition) is 1. The molecule has 0 aliphatic carbocycles. The van der Waals surface area contributed by atoms with Gasteiger partial charge in [0.05, 0.1) is 11.8 Å². The first-order valence-corrected chi connectivity index (χ1v) is 8.66. The van der Waals surface area contributed by atoms with Crippen molar-refractivity contribution in [3.05, 3.63) is 107 Å². The van der Waals surface area contributed by atoms with Crippen molar-refractivity contribution in [1.82, 2.24) is 0 Å². The van der Waals surface area contributed by atoms with Gasteiger partial charge in [-0.1, -0.05) is 84.6 Å².